The van der Waals surface area contributed by atoms with E-state index in [-0.39, 0.29) is 11.7 Å². The second kappa shape index (κ2) is 5.48. The Kier molecular flexibility index (Phi) is 3.89. The molecule has 0 unspecified atom stereocenters. The van der Waals surface area contributed by atoms with Crippen LogP contribution in [-0.4, -0.2) is 9.78 Å². The van der Waals surface area contributed by atoms with Crippen molar-refractivity contribution >= 4 is 11.4 Å². The molecule has 0 amide bonds. The van der Waals surface area contributed by atoms with Gasteiger partial charge in [-0.05, 0) is 32.0 Å². The normalized spacial score (nSPS) is 11.5. The van der Waals surface area contributed by atoms with E-state index in [9.17, 15) is 13.2 Å². The summed E-state index contributed by atoms with van der Waals surface area (Å²) in [5, 5.41) is 15.7. The van der Waals surface area contributed by atoms with Gasteiger partial charge in [0.2, 0.25) is 0 Å². The molecule has 1 N–H and O–H groups in total. The molecule has 1 aromatic carbocycles. The van der Waals surface area contributed by atoms with Crippen LogP contribution in [0, 0.1) is 11.3 Å². The van der Waals surface area contributed by atoms with Gasteiger partial charge in [-0.15, -0.1) is 0 Å². The van der Waals surface area contributed by atoms with Crippen molar-refractivity contribution in [2.45, 2.75) is 26.1 Å². The molecule has 0 aliphatic carbocycles. The summed E-state index contributed by atoms with van der Waals surface area (Å²) in [6, 6.07) is 5.21. The molecule has 2 aromatic rings. The number of hydrogen-bond acceptors (Lipinski definition) is 3. The van der Waals surface area contributed by atoms with E-state index >= 15 is 0 Å². The third-order valence-electron chi connectivity index (χ3n) is 2.86. The quantitative estimate of drug-likeness (QED) is 0.927. The molecule has 0 spiro atoms. The van der Waals surface area contributed by atoms with Crippen LogP contribution in [0.2, 0.25) is 0 Å². The standard InChI is InChI=1S/C14H13F3N4/c1-9(2)21-8-12(7-19-21)20-11-4-3-10(6-18)13(5-11)14(15,16)17/h3-5,7-9,20H,1-2H3. The van der Waals surface area contributed by atoms with E-state index in [0.717, 1.165) is 12.1 Å². The number of anilines is 2. The van der Waals surface area contributed by atoms with Gasteiger partial charge in [-0.25, -0.2) is 0 Å². The molecule has 0 saturated heterocycles. The number of halogens is 3. The Labute approximate surface area is 119 Å². The van der Waals surface area contributed by atoms with Crippen molar-refractivity contribution in [3.05, 3.63) is 41.7 Å². The van der Waals surface area contributed by atoms with Gasteiger partial charge < -0.3 is 5.32 Å². The summed E-state index contributed by atoms with van der Waals surface area (Å²) in [6.45, 7) is 3.89. The third-order valence-corrected chi connectivity index (χ3v) is 2.86. The van der Waals surface area contributed by atoms with Crippen molar-refractivity contribution in [1.29, 1.82) is 5.26 Å². The molecule has 0 saturated carbocycles. The lowest BCUT2D eigenvalue weighted by molar-refractivity contribution is -0.137. The van der Waals surface area contributed by atoms with Gasteiger partial charge in [0, 0.05) is 17.9 Å². The van der Waals surface area contributed by atoms with Gasteiger partial charge in [0.1, 0.15) is 0 Å². The number of benzene rings is 1. The highest BCUT2D eigenvalue weighted by Gasteiger charge is 2.33. The number of alkyl halides is 3. The van der Waals surface area contributed by atoms with Crippen molar-refractivity contribution in [3.63, 3.8) is 0 Å². The maximum absolute atomic E-state index is 12.9. The zero-order chi connectivity index (χ0) is 15.6. The van der Waals surface area contributed by atoms with Gasteiger partial charge in [0.05, 0.1) is 29.1 Å². The van der Waals surface area contributed by atoms with Crippen molar-refractivity contribution in [2.75, 3.05) is 5.32 Å². The van der Waals surface area contributed by atoms with Crippen LogP contribution >= 0.6 is 0 Å². The second-order valence-corrected chi connectivity index (χ2v) is 4.80. The Hall–Kier alpha value is -2.49. The van der Waals surface area contributed by atoms with Crippen LogP contribution in [0.4, 0.5) is 24.5 Å². The molecule has 0 atom stereocenters. The van der Waals surface area contributed by atoms with Crippen molar-refractivity contribution in [3.8, 4) is 6.07 Å². The molecular weight excluding hydrogens is 281 g/mol. The number of nitrogens with zero attached hydrogens (tertiary/aromatic N) is 3. The summed E-state index contributed by atoms with van der Waals surface area (Å²) in [7, 11) is 0. The molecular formula is C14H13F3N4. The largest absolute Gasteiger partial charge is 0.417 e. The van der Waals surface area contributed by atoms with Crippen LogP contribution in [0.5, 0.6) is 0 Å². The Balaban J connectivity index is 2.31. The fraction of sp³-hybridized carbons (Fsp3) is 0.286. The molecule has 110 valence electrons. The molecule has 0 bridgehead atoms. The van der Waals surface area contributed by atoms with E-state index in [0.29, 0.717) is 5.69 Å². The summed E-state index contributed by atoms with van der Waals surface area (Å²) >= 11 is 0. The van der Waals surface area contributed by atoms with Crippen LogP contribution < -0.4 is 5.32 Å². The number of aromatic nitrogens is 2. The topological polar surface area (TPSA) is 53.6 Å². The second-order valence-electron chi connectivity index (χ2n) is 4.80. The van der Waals surface area contributed by atoms with Gasteiger partial charge >= 0.3 is 6.18 Å². The molecule has 4 nitrogen and oxygen atoms in total. The first-order valence-electron chi connectivity index (χ1n) is 6.24. The Morgan fingerprint density at radius 2 is 2.00 bits per heavy atom. The fourth-order valence-corrected chi connectivity index (χ4v) is 1.81. The minimum Gasteiger partial charge on any atom is -0.353 e. The molecule has 1 heterocycles. The number of rotatable bonds is 3. The third kappa shape index (κ3) is 3.34. The van der Waals surface area contributed by atoms with Gasteiger partial charge in [0.25, 0.3) is 0 Å². The highest BCUT2D eigenvalue weighted by Crippen LogP contribution is 2.34. The lowest BCUT2D eigenvalue weighted by Gasteiger charge is -2.11. The smallest absolute Gasteiger partial charge is 0.353 e. The molecule has 1 aromatic heterocycles. The zero-order valence-electron chi connectivity index (χ0n) is 11.4. The van der Waals surface area contributed by atoms with Gasteiger partial charge in [0.15, 0.2) is 0 Å². The minimum absolute atomic E-state index is 0.159. The lowest BCUT2D eigenvalue weighted by atomic mass is 10.1. The maximum Gasteiger partial charge on any atom is 0.417 e. The lowest BCUT2D eigenvalue weighted by Crippen LogP contribution is -2.08. The minimum atomic E-state index is -4.56. The number of nitrogens with one attached hydrogen (secondary N) is 1. The van der Waals surface area contributed by atoms with E-state index in [1.807, 2.05) is 13.8 Å². The monoisotopic (exact) mass is 294 g/mol. The zero-order valence-corrected chi connectivity index (χ0v) is 11.4. The predicted molar refractivity (Wildman–Crippen MR) is 72.1 cm³/mol. The summed E-state index contributed by atoms with van der Waals surface area (Å²) in [6.07, 6.45) is -1.33. The maximum atomic E-state index is 12.9. The molecule has 0 aliphatic rings. The van der Waals surface area contributed by atoms with Crippen molar-refractivity contribution in [2.24, 2.45) is 0 Å². The summed E-state index contributed by atoms with van der Waals surface area (Å²) in [5.74, 6) is 0. The van der Waals surface area contributed by atoms with Crippen LogP contribution in [0.15, 0.2) is 30.6 Å². The van der Waals surface area contributed by atoms with Gasteiger partial charge in [-0.2, -0.15) is 23.5 Å². The molecule has 0 radical (unpaired) electrons. The first-order chi connectivity index (χ1) is 9.81. The average Bonchev–Trinajstić information content (AvgIpc) is 2.86. The molecule has 7 heteroatoms. The fourth-order valence-electron chi connectivity index (χ4n) is 1.81. The molecule has 0 fully saturated rings. The van der Waals surface area contributed by atoms with Crippen LogP contribution in [-0.2, 0) is 6.18 Å². The first kappa shape index (κ1) is 14.9. The van der Waals surface area contributed by atoms with Crippen molar-refractivity contribution in [1.82, 2.24) is 9.78 Å². The van der Waals surface area contributed by atoms with E-state index in [2.05, 4.69) is 10.4 Å². The highest BCUT2D eigenvalue weighted by atomic mass is 19.4. The first-order valence-corrected chi connectivity index (χ1v) is 6.24. The van der Waals surface area contributed by atoms with Crippen LogP contribution in [0.1, 0.15) is 31.0 Å². The Morgan fingerprint density at radius 3 is 2.52 bits per heavy atom. The van der Waals surface area contributed by atoms with E-state index < -0.39 is 17.3 Å². The van der Waals surface area contributed by atoms with Crippen LogP contribution in [0.25, 0.3) is 0 Å². The highest BCUT2D eigenvalue weighted by molar-refractivity contribution is 5.61. The van der Waals surface area contributed by atoms with E-state index in [4.69, 9.17) is 5.26 Å². The van der Waals surface area contributed by atoms with E-state index in [1.54, 1.807) is 16.9 Å². The van der Waals surface area contributed by atoms with Crippen molar-refractivity contribution < 1.29 is 13.2 Å². The predicted octanol–water partition coefficient (Wildman–Crippen LogP) is 4.10. The molecule has 2 rings (SSSR count). The molecule has 0 aliphatic heterocycles. The van der Waals surface area contributed by atoms with Gasteiger partial charge in [-0.1, -0.05) is 0 Å². The summed E-state index contributed by atoms with van der Waals surface area (Å²) < 4.78 is 40.3. The number of nitriles is 1. The number of hydrogen-bond donors (Lipinski definition) is 1. The summed E-state index contributed by atoms with van der Waals surface area (Å²) in [4.78, 5) is 0. The SMILES string of the molecule is CC(C)n1cc(Nc2ccc(C#N)c(C(F)(F)F)c2)cn1. The Morgan fingerprint density at radius 1 is 1.29 bits per heavy atom. The van der Waals surface area contributed by atoms with Crippen LogP contribution in [0.3, 0.4) is 0 Å². The Bertz CT molecular complexity index is 680. The van der Waals surface area contributed by atoms with Gasteiger partial charge in [-0.3, -0.25) is 4.68 Å². The average molecular weight is 294 g/mol. The summed E-state index contributed by atoms with van der Waals surface area (Å²) in [5.41, 5.74) is -0.511. The van der Waals surface area contributed by atoms with E-state index in [1.165, 1.54) is 12.3 Å². The molecule has 21 heavy (non-hydrogen) atoms.